The first-order valence-corrected chi connectivity index (χ1v) is 7.13. The Morgan fingerprint density at radius 1 is 1.17 bits per heavy atom. The van der Waals surface area contributed by atoms with Crippen LogP contribution in [-0.4, -0.2) is 21.2 Å². The Kier molecular flexibility index (Phi) is 3.89. The summed E-state index contributed by atoms with van der Waals surface area (Å²) in [6.07, 6.45) is -4.57. The van der Waals surface area contributed by atoms with Crippen molar-refractivity contribution in [3.05, 3.63) is 47.1 Å². The molecule has 0 N–H and O–H groups in total. The second-order valence-corrected chi connectivity index (χ2v) is 5.15. The molecule has 0 bridgehead atoms. The number of halogens is 4. The van der Waals surface area contributed by atoms with Crippen molar-refractivity contribution < 1.29 is 17.9 Å². The van der Waals surface area contributed by atoms with Gasteiger partial charge in [-0.2, -0.15) is 23.3 Å². The number of nitrogens with zero attached hydrogens (tertiary/aromatic N) is 3. The van der Waals surface area contributed by atoms with Crippen molar-refractivity contribution in [2.24, 2.45) is 0 Å². The van der Waals surface area contributed by atoms with Crippen LogP contribution in [0, 0.1) is 0 Å². The Hall–Kier alpha value is -2.28. The molecule has 2 heterocycles. The molecule has 3 rings (SSSR count). The van der Waals surface area contributed by atoms with Crippen LogP contribution in [0.4, 0.5) is 13.2 Å². The van der Waals surface area contributed by atoms with Gasteiger partial charge in [-0.05, 0) is 19.1 Å². The number of ether oxygens (including phenoxy) is 1. The number of rotatable bonds is 3. The highest BCUT2D eigenvalue weighted by Gasteiger charge is 2.35. The van der Waals surface area contributed by atoms with Gasteiger partial charge in [-0.15, -0.1) is 0 Å². The summed E-state index contributed by atoms with van der Waals surface area (Å²) in [5, 5.41) is 4.55. The summed E-state index contributed by atoms with van der Waals surface area (Å²) >= 11 is 5.82. The molecule has 3 aromatic rings. The van der Waals surface area contributed by atoms with E-state index in [4.69, 9.17) is 16.3 Å². The number of aromatic nitrogens is 3. The zero-order valence-electron chi connectivity index (χ0n) is 11.9. The van der Waals surface area contributed by atoms with E-state index in [1.54, 1.807) is 31.2 Å². The second kappa shape index (κ2) is 5.73. The molecule has 0 atom stereocenters. The third kappa shape index (κ3) is 3.10. The summed E-state index contributed by atoms with van der Waals surface area (Å²) in [6.45, 7) is 1.90. The van der Waals surface area contributed by atoms with E-state index in [9.17, 15) is 13.2 Å². The number of hydrogen-bond donors (Lipinski definition) is 0. The van der Waals surface area contributed by atoms with E-state index in [2.05, 4.69) is 10.1 Å². The summed E-state index contributed by atoms with van der Waals surface area (Å²) < 4.78 is 45.6. The molecule has 0 aliphatic carbocycles. The number of hydrogen-bond acceptors (Lipinski definition) is 3. The van der Waals surface area contributed by atoms with E-state index < -0.39 is 11.9 Å². The van der Waals surface area contributed by atoms with Crippen LogP contribution < -0.4 is 4.74 Å². The first-order valence-electron chi connectivity index (χ1n) is 6.75. The predicted molar refractivity (Wildman–Crippen MR) is 79.6 cm³/mol. The molecule has 0 saturated heterocycles. The number of benzene rings is 1. The Morgan fingerprint density at radius 3 is 2.48 bits per heavy atom. The minimum Gasteiger partial charge on any atom is -0.478 e. The number of fused-ring (bicyclic) bond motifs is 1. The highest BCUT2D eigenvalue weighted by molar-refractivity contribution is 6.30. The van der Waals surface area contributed by atoms with E-state index in [0.29, 0.717) is 16.3 Å². The van der Waals surface area contributed by atoms with Crippen LogP contribution in [0.1, 0.15) is 12.6 Å². The molecule has 0 saturated carbocycles. The predicted octanol–water partition coefficient (Wildman–Crippen LogP) is 4.47. The molecule has 4 nitrogen and oxygen atoms in total. The summed E-state index contributed by atoms with van der Waals surface area (Å²) in [6, 6.07) is 8.97. The zero-order chi connectivity index (χ0) is 16.6. The molecule has 120 valence electrons. The molecule has 0 fully saturated rings. The van der Waals surface area contributed by atoms with Gasteiger partial charge in [0.2, 0.25) is 5.88 Å². The van der Waals surface area contributed by atoms with E-state index in [-0.39, 0.29) is 18.1 Å². The van der Waals surface area contributed by atoms with Crippen LogP contribution in [-0.2, 0) is 6.18 Å². The van der Waals surface area contributed by atoms with E-state index >= 15 is 0 Å². The van der Waals surface area contributed by atoms with Gasteiger partial charge in [0.15, 0.2) is 11.3 Å². The lowest BCUT2D eigenvalue weighted by Crippen LogP contribution is -2.14. The van der Waals surface area contributed by atoms with Crippen LogP contribution in [0.5, 0.6) is 5.88 Å². The van der Waals surface area contributed by atoms with Gasteiger partial charge in [0.1, 0.15) is 0 Å². The lowest BCUT2D eigenvalue weighted by Gasteiger charge is -2.10. The highest BCUT2D eigenvalue weighted by atomic mass is 35.5. The Bertz CT molecular complexity index is 844. The Morgan fingerprint density at radius 2 is 1.87 bits per heavy atom. The van der Waals surface area contributed by atoms with Gasteiger partial charge in [-0.25, -0.2) is 4.52 Å². The van der Waals surface area contributed by atoms with Gasteiger partial charge in [-0.1, -0.05) is 23.7 Å². The van der Waals surface area contributed by atoms with Crippen molar-refractivity contribution in [1.29, 1.82) is 0 Å². The molecule has 8 heteroatoms. The van der Waals surface area contributed by atoms with Crippen molar-refractivity contribution in [2.75, 3.05) is 6.61 Å². The van der Waals surface area contributed by atoms with E-state index in [1.165, 1.54) is 6.07 Å². The molecule has 1 aromatic carbocycles. The monoisotopic (exact) mass is 341 g/mol. The molecule has 0 unspecified atom stereocenters. The molecular weight excluding hydrogens is 331 g/mol. The molecule has 0 aliphatic heterocycles. The lowest BCUT2D eigenvalue weighted by molar-refractivity contribution is -0.142. The summed E-state index contributed by atoms with van der Waals surface area (Å²) in [5.41, 5.74) is 0.138. The average molecular weight is 342 g/mol. The van der Waals surface area contributed by atoms with Gasteiger partial charge in [0, 0.05) is 22.7 Å². The zero-order valence-corrected chi connectivity index (χ0v) is 12.7. The SMILES string of the molecule is CCOc1cc(C(F)(F)F)n2nc(-c3ccc(Cl)cc3)cc2n1. The van der Waals surface area contributed by atoms with E-state index in [1.807, 2.05) is 0 Å². The van der Waals surface area contributed by atoms with Crippen molar-refractivity contribution in [1.82, 2.24) is 14.6 Å². The minimum absolute atomic E-state index is 0.0632. The quantitative estimate of drug-likeness (QED) is 0.705. The Balaban J connectivity index is 2.19. The van der Waals surface area contributed by atoms with Gasteiger partial charge in [0.25, 0.3) is 0 Å². The third-order valence-corrected chi connectivity index (χ3v) is 3.38. The second-order valence-electron chi connectivity index (χ2n) is 4.72. The van der Waals surface area contributed by atoms with Crippen LogP contribution >= 0.6 is 11.6 Å². The molecule has 0 spiro atoms. The largest absolute Gasteiger partial charge is 0.478 e. The maximum absolute atomic E-state index is 13.2. The highest BCUT2D eigenvalue weighted by Crippen LogP contribution is 2.32. The standard InChI is InChI=1S/C15H11ClF3N3O/c1-2-23-14-8-12(15(17,18)19)22-13(20-14)7-11(21-22)9-3-5-10(16)6-4-9/h3-8H,2H2,1H3. The number of alkyl halides is 3. The fourth-order valence-electron chi connectivity index (χ4n) is 2.14. The molecule has 0 aliphatic rings. The topological polar surface area (TPSA) is 39.4 Å². The third-order valence-electron chi connectivity index (χ3n) is 3.13. The minimum atomic E-state index is -4.57. The van der Waals surface area contributed by atoms with Gasteiger partial charge in [-0.3, -0.25) is 0 Å². The lowest BCUT2D eigenvalue weighted by atomic mass is 10.2. The van der Waals surface area contributed by atoms with Crippen molar-refractivity contribution in [2.45, 2.75) is 13.1 Å². The van der Waals surface area contributed by atoms with Crippen LogP contribution in [0.15, 0.2) is 36.4 Å². The summed E-state index contributed by atoms with van der Waals surface area (Å²) in [7, 11) is 0. The van der Waals surface area contributed by atoms with Crippen LogP contribution in [0.25, 0.3) is 16.9 Å². The van der Waals surface area contributed by atoms with Crippen LogP contribution in [0.2, 0.25) is 5.02 Å². The van der Waals surface area contributed by atoms with Crippen molar-refractivity contribution in [3.8, 4) is 17.1 Å². The smallest absolute Gasteiger partial charge is 0.433 e. The molecule has 23 heavy (non-hydrogen) atoms. The van der Waals surface area contributed by atoms with Gasteiger partial charge >= 0.3 is 6.18 Å². The molecule has 0 radical (unpaired) electrons. The van der Waals surface area contributed by atoms with Gasteiger partial charge < -0.3 is 4.74 Å². The average Bonchev–Trinajstić information content (AvgIpc) is 2.90. The molecular formula is C15H11ClF3N3O. The molecule has 2 aromatic heterocycles. The summed E-state index contributed by atoms with van der Waals surface area (Å²) in [4.78, 5) is 4.06. The maximum atomic E-state index is 13.2. The first-order chi connectivity index (χ1) is 10.9. The summed E-state index contributed by atoms with van der Waals surface area (Å²) in [5.74, 6) is -0.0881. The van der Waals surface area contributed by atoms with Crippen molar-refractivity contribution in [3.63, 3.8) is 0 Å². The Labute approximate surface area is 134 Å². The van der Waals surface area contributed by atoms with Crippen molar-refractivity contribution >= 4 is 17.2 Å². The normalized spacial score (nSPS) is 11.9. The molecule has 0 amide bonds. The van der Waals surface area contributed by atoms with Crippen LogP contribution in [0.3, 0.4) is 0 Å². The fraction of sp³-hybridized carbons (Fsp3) is 0.200. The van der Waals surface area contributed by atoms with E-state index in [0.717, 1.165) is 10.6 Å². The first kappa shape index (κ1) is 15.6. The van der Waals surface area contributed by atoms with Gasteiger partial charge in [0.05, 0.1) is 12.3 Å². The maximum Gasteiger partial charge on any atom is 0.433 e. The fourth-order valence-corrected chi connectivity index (χ4v) is 2.26.